The topological polar surface area (TPSA) is 86.8 Å². The van der Waals surface area contributed by atoms with Gasteiger partial charge < -0.3 is 10.2 Å². The summed E-state index contributed by atoms with van der Waals surface area (Å²) in [6, 6.07) is 18.6. The lowest BCUT2D eigenvalue weighted by molar-refractivity contribution is -0.140. The SMILES string of the molecule is CCNC(=O)C(Cc1ccccc1)N(Cc1ccc(F)cc1)C(=O)CN(c1ccc(C)c(Cl)c1)S(C)(=O)=O. The summed E-state index contributed by atoms with van der Waals surface area (Å²) in [4.78, 5) is 28.5. The molecular weight excluding hydrogens is 529 g/mol. The van der Waals surface area contributed by atoms with E-state index in [1.165, 1.54) is 35.2 Å². The van der Waals surface area contributed by atoms with Gasteiger partial charge in [-0.2, -0.15) is 0 Å². The number of hydrogen-bond acceptors (Lipinski definition) is 4. The van der Waals surface area contributed by atoms with Crippen LogP contribution in [0.15, 0.2) is 72.8 Å². The third-order valence-electron chi connectivity index (χ3n) is 6.01. The molecule has 0 aliphatic heterocycles. The Labute approximate surface area is 228 Å². The highest BCUT2D eigenvalue weighted by molar-refractivity contribution is 7.92. The predicted molar refractivity (Wildman–Crippen MR) is 148 cm³/mol. The predicted octanol–water partition coefficient (Wildman–Crippen LogP) is 4.33. The molecule has 38 heavy (non-hydrogen) atoms. The minimum absolute atomic E-state index is 0.0278. The second-order valence-electron chi connectivity index (χ2n) is 8.95. The van der Waals surface area contributed by atoms with E-state index < -0.39 is 34.3 Å². The van der Waals surface area contributed by atoms with E-state index in [1.54, 1.807) is 26.0 Å². The first kappa shape index (κ1) is 29.1. The van der Waals surface area contributed by atoms with Crippen molar-refractivity contribution in [3.63, 3.8) is 0 Å². The number of halogens is 2. The molecule has 10 heteroatoms. The Kier molecular flexibility index (Phi) is 9.88. The smallest absolute Gasteiger partial charge is 0.244 e. The highest BCUT2D eigenvalue weighted by atomic mass is 35.5. The summed E-state index contributed by atoms with van der Waals surface area (Å²) in [6.45, 7) is 3.33. The summed E-state index contributed by atoms with van der Waals surface area (Å²) in [5.74, 6) is -1.41. The van der Waals surface area contributed by atoms with Gasteiger partial charge in [-0.15, -0.1) is 0 Å². The molecule has 3 aromatic rings. The van der Waals surface area contributed by atoms with Gasteiger partial charge in [-0.25, -0.2) is 12.8 Å². The number of likely N-dealkylation sites (N-methyl/N-ethyl adjacent to an activating group) is 1. The summed E-state index contributed by atoms with van der Waals surface area (Å²) in [7, 11) is -3.89. The first-order valence-electron chi connectivity index (χ1n) is 12.1. The quantitative estimate of drug-likeness (QED) is 0.379. The van der Waals surface area contributed by atoms with E-state index in [2.05, 4.69) is 5.32 Å². The van der Waals surface area contributed by atoms with Crippen LogP contribution in [0, 0.1) is 12.7 Å². The van der Waals surface area contributed by atoms with Crippen LogP contribution in [-0.2, 0) is 32.6 Å². The van der Waals surface area contributed by atoms with Gasteiger partial charge >= 0.3 is 0 Å². The second kappa shape index (κ2) is 12.9. The molecule has 202 valence electrons. The summed E-state index contributed by atoms with van der Waals surface area (Å²) in [5, 5.41) is 3.14. The summed E-state index contributed by atoms with van der Waals surface area (Å²) >= 11 is 6.24. The zero-order chi connectivity index (χ0) is 27.9. The molecular formula is C28H31ClFN3O4S. The second-order valence-corrected chi connectivity index (χ2v) is 11.3. The molecule has 0 saturated heterocycles. The normalized spacial score (nSPS) is 12.0. The van der Waals surface area contributed by atoms with E-state index in [9.17, 15) is 22.4 Å². The number of nitrogens with zero attached hydrogens (tertiary/aromatic N) is 2. The van der Waals surface area contributed by atoms with E-state index in [-0.39, 0.29) is 24.6 Å². The van der Waals surface area contributed by atoms with Crippen molar-refractivity contribution in [3.8, 4) is 0 Å². The van der Waals surface area contributed by atoms with Crippen molar-refractivity contribution >= 4 is 39.1 Å². The molecule has 0 radical (unpaired) electrons. The maximum absolute atomic E-state index is 13.9. The fourth-order valence-electron chi connectivity index (χ4n) is 3.98. The van der Waals surface area contributed by atoms with Crippen LogP contribution >= 0.6 is 11.6 Å². The Bertz CT molecular complexity index is 1370. The minimum Gasteiger partial charge on any atom is -0.355 e. The van der Waals surface area contributed by atoms with Gasteiger partial charge in [0.25, 0.3) is 0 Å². The van der Waals surface area contributed by atoms with Crippen LogP contribution in [0.4, 0.5) is 10.1 Å². The number of anilines is 1. The molecule has 1 atom stereocenters. The molecule has 0 fully saturated rings. The zero-order valence-electron chi connectivity index (χ0n) is 21.5. The number of hydrogen-bond donors (Lipinski definition) is 1. The Morgan fingerprint density at radius 1 is 1.00 bits per heavy atom. The summed E-state index contributed by atoms with van der Waals surface area (Å²) < 4.78 is 40.1. The largest absolute Gasteiger partial charge is 0.355 e. The zero-order valence-corrected chi connectivity index (χ0v) is 23.1. The molecule has 0 bridgehead atoms. The summed E-state index contributed by atoms with van der Waals surface area (Å²) in [6.07, 6.45) is 1.21. The molecule has 0 aliphatic carbocycles. The average Bonchev–Trinajstić information content (AvgIpc) is 2.87. The number of sulfonamides is 1. The van der Waals surface area contributed by atoms with Gasteiger partial charge in [0, 0.05) is 24.5 Å². The molecule has 1 unspecified atom stereocenters. The standard InChI is InChI=1S/C28H31ClFN3O4S/c1-4-31-28(35)26(16-21-8-6-5-7-9-21)32(18-22-11-13-23(30)14-12-22)27(34)19-33(38(3,36)37)24-15-10-20(2)25(29)17-24/h5-15,17,26H,4,16,18-19H2,1-3H3,(H,31,35). The maximum atomic E-state index is 13.9. The molecule has 2 amide bonds. The fourth-order valence-corrected chi connectivity index (χ4v) is 5.00. The molecule has 0 aliphatic rings. The van der Waals surface area contributed by atoms with Crippen molar-refractivity contribution in [1.82, 2.24) is 10.2 Å². The van der Waals surface area contributed by atoms with Crippen molar-refractivity contribution in [2.24, 2.45) is 0 Å². The van der Waals surface area contributed by atoms with Crippen molar-refractivity contribution in [3.05, 3.63) is 100 Å². The maximum Gasteiger partial charge on any atom is 0.244 e. The molecule has 1 N–H and O–H groups in total. The third-order valence-corrected chi connectivity index (χ3v) is 7.56. The lowest BCUT2D eigenvalue weighted by Crippen LogP contribution is -2.53. The van der Waals surface area contributed by atoms with Crippen LogP contribution < -0.4 is 9.62 Å². The first-order valence-corrected chi connectivity index (χ1v) is 14.3. The van der Waals surface area contributed by atoms with E-state index >= 15 is 0 Å². The van der Waals surface area contributed by atoms with E-state index in [1.807, 2.05) is 30.3 Å². The van der Waals surface area contributed by atoms with Gasteiger partial charge in [0.1, 0.15) is 18.4 Å². The fraction of sp³-hybridized carbons (Fsp3) is 0.286. The number of carbonyl (C=O) groups excluding carboxylic acids is 2. The van der Waals surface area contributed by atoms with Crippen molar-refractivity contribution < 1.29 is 22.4 Å². The van der Waals surface area contributed by atoms with Gasteiger partial charge in [0.15, 0.2) is 0 Å². The molecule has 0 saturated carbocycles. The van der Waals surface area contributed by atoms with E-state index in [0.717, 1.165) is 21.7 Å². The Hall–Kier alpha value is -3.43. The number of amides is 2. The van der Waals surface area contributed by atoms with Gasteiger partial charge in [0.2, 0.25) is 21.8 Å². The minimum atomic E-state index is -3.89. The summed E-state index contributed by atoms with van der Waals surface area (Å²) in [5.41, 5.74) is 2.40. The third kappa shape index (κ3) is 7.79. The lowest BCUT2D eigenvalue weighted by atomic mass is 10.0. The lowest BCUT2D eigenvalue weighted by Gasteiger charge is -2.33. The van der Waals surface area contributed by atoms with Gasteiger partial charge in [-0.1, -0.05) is 60.1 Å². The highest BCUT2D eigenvalue weighted by Crippen LogP contribution is 2.25. The number of rotatable bonds is 11. The van der Waals surface area contributed by atoms with Crippen molar-refractivity contribution in [2.45, 2.75) is 32.9 Å². The van der Waals surface area contributed by atoms with E-state index in [4.69, 9.17) is 11.6 Å². The van der Waals surface area contributed by atoms with Gasteiger partial charge in [0.05, 0.1) is 11.9 Å². The van der Waals surface area contributed by atoms with E-state index in [0.29, 0.717) is 17.1 Å². The van der Waals surface area contributed by atoms with Crippen LogP contribution in [0.2, 0.25) is 5.02 Å². The molecule has 0 aromatic heterocycles. The Morgan fingerprint density at radius 3 is 2.24 bits per heavy atom. The van der Waals surface area contributed by atoms with Crippen LogP contribution in [0.3, 0.4) is 0 Å². The van der Waals surface area contributed by atoms with Crippen molar-refractivity contribution in [2.75, 3.05) is 23.7 Å². The van der Waals surface area contributed by atoms with Gasteiger partial charge in [-0.05, 0) is 54.8 Å². The van der Waals surface area contributed by atoms with Crippen LogP contribution in [0.5, 0.6) is 0 Å². The Balaban J connectivity index is 2.04. The van der Waals surface area contributed by atoms with Crippen LogP contribution in [-0.4, -0.2) is 50.5 Å². The number of carbonyl (C=O) groups is 2. The first-order chi connectivity index (χ1) is 18.0. The van der Waals surface area contributed by atoms with Crippen LogP contribution in [0.1, 0.15) is 23.6 Å². The molecule has 3 rings (SSSR count). The molecule has 3 aromatic carbocycles. The number of nitrogens with one attached hydrogen (secondary N) is 1. The molecule has 7 nitrogen and oxygen atoms in total. The molecule has 0 spiro atoms. The monoisotopic (exact) mass is 559 g/mol. The van der Waals surface area contributed by atoms with Crippen molar-refractivity contribution in [1.29, 1.82) is 0 Å². The number of aryl methyl sites for hydroxylation is 1. The molecule has 0 heterocycles. The Morgan fingerprint density at radius 2 is 1.66 bits per heavy atom. The van der Waals surface area contributed by atoms with Crippen LogP contribution in [0.25, 0.3) is 0 Å². The number of benzene rings is 3. The average molecular weight is 560 g/mol. The van der Waals surface area contributed by atoms with Gasteiger partial charge in [-0.3, -0.25) is 13.9 Å². The highest BCUT2D eigenvalue weighted by Gasteiger charge is 2.33.